The van der Waals surface area contributed by atoms with Crippen LogP contribution in [0, 0.1) is 0 Å². The van der Waals surface area contributed by atoms with Gasteiger partial charge in [0, 0.05) is 19.4 Å². The summed E-state index contributed by atoms with van der Waals surface area (Å²) in [5.41, 5.74) is 3.75. The standard InChI is InChI=1S/C16H23N3O4/c1-11(23-16(22)13-7-8-14(20)19-18-13)15(21)17-10-9-12-5-3-2-4-6-12/h5,11H,2-4,6-10H2,1H3,(H,17,21)(H,19,20)/t11-/m1/s1. The number of hydrazone groups is 1. The molecular weight excluding hydrogens is 298 g/mol. The second-order valence-corrected chi connectivity index (χ2v) is 5.79. The summed E-state index contributed by atoms with van der Waals surface area (Å²) in [6, 6.07) is 0. The summed E-state index contributed by atoms with van der Waals surface area (Å²) < 4.78 is 5.08. The molecule has 0 aromatic rings. The fraction of sp³-hybridized carbons (Fsp3) is 0.625. The van der Waals surface area contributed by atoms with Gasteiger partial charge >= 0.3 is 5.97 Å². The average Bonchev–Trinajstić information content (AvgIpc) is 2.56. The maximum Gasteiger partial charge on any atom is 0.355 e. The Morgan fingerprint density at radius 3 is 2.83 bits per heavy atom. The quantitative estimate of drug-likeness (QED) is 0.567. The van der Waals surface area contributed by atoms with Crippen molar-refractivity contribution >= 4 is 23.5 Å². The SMILES string of the molecule is C[C@@H](OC(=O)C1=NNC(=O)CC1)C(=O)NCCC1=CCCCC1. The van der Waals surface area contributed by atoms with Gasteiger partial charge in [0.05, 0.1) is 0 Å². The largest absolute Gasteiger partial charge is 0.448 e. The number of carbonyl (C=O) groups excluding carboxylic acids is 3. The summed E-state index contributed by atoms with van der Waals surface area (Å²) in [6.45, 7) is 2.07. The maximum atomic E-state index is 11.9. The van der Waals surface area contributed by atoms with Gasteiger partial charge in [0.25, 0.3) is 5.91 Å². The molecule has 0 aromatic heterocycles. The van der Waals surface area contributed by atoms with Gasteiger partial charge in [-0.25, -0.2) is 10.2 Å². The molecule has 0 bridgehead atoms. The summed E-state index contributed by atoms with van der Waals surface area (Å²) in [5.74, 6) is -1.22. The van der Waals surface area contributed by atoms with Gasteiger partial charge in [-0.3, -0.25) is 9.59 Å². The van der Waals surface area contributed by atoms with E-state index in [1.807, 2.05) is 0 Å². The summed E-state index contributed by atoms with van der Waals surface area (Å²) in [5, 5.41) is 6.43. The molecule has 1 aliphatic heterocycles. The van der Waals surface area contributed by atoms with E-state index in [1.165, 1.54) is 25.3 Å². The van der Waals surface area contributed by atoms with Crippen LogP contribution < -0.4 is 10.7 Å². The van der Waals surface area contributed by atoms with E-state index in [2.05, 4.69) is 21.9 Å². The van der Waals surface area contributed by atoms with Crippen LogP contribution >= 0.6 is 0 Å². The topological polar surface area (TPSA) is 96.9 Å². The van der Waals surface area contributed by atoms with Crippen LogP contribution in [0.4, 0.5) is 0 Å². The number of allylic oxidation sites excluding steroid dienone is 1. The molecule has 0 spiro atoms. The molecule has 0 saturated carbocycles. The molecule has 1 aliphatic carbocycles. The molecular formula is C16H23N3O4. The van der Waals surface area contributed by atoms with Gasteiger partial charge in [0.2, 0.25) is 5.91 Å². The number of ether oxygens (including phenoxy) is 1. The van der Waals surface area contributed by atoms with E-state index in [9.17, 15) is 14.4 Å². The van der Waals surface area contributed by atoms with E-state index in [0.717, 1.165) is 19.3 Å². The predicted molar refractivity (Wildman–Crippen MR) is 84.5 cm³/mol. The summed E-state index contributed by atoms with van der Waals surface area (Å²) in [7, 11) is 0. The molecule has 0 fully saturated rings. The molecule has 2 amide bonds. The normalized spacial score (nSPS) is 19.1. The van der Waals surface area contributed by atoms with E-state index in [-0.39, 0.29) is 30.4 Å². The van der Waals surface area contributed by atoms with Crippen LogP contribution in [0.25, 0.3) is 0 Å². The van der Waals surface area contributed by atoms with Crippen molar-refractivity contribution < 1.29 is 19.1 Å². The first-order valence-electron chi connectivity index (χ1n) is 8.08. The van der Waals surface area contributed by atoms with Crippen molar-refractivity contribution in [1.29, 1.82) is 0 Å². The van der Waals surface area contributed by atoms with Gasteiger partial charge < -0.3 is 10.1 Å². The molecule has 0 radical (unpaired) electrons. The minimum absolute atomic E-state index is 0.136. The molecule has 23 heavy (non-hydrogen) atoms. The highest BCUT2D eigenvalue weighted by atomic mass is 16.5. The van der Waals surface area contributed by atoms with Gasteiger partial charge in [0.15, 0.2) is 6.10 Å². The van der Waals surface area contributed by atoms with Gasteiger partial charge in [-0.15, -0.1) is 0 Å². The van der Waals surface area contributed by atoms with E-state index in [0.29, 0.717) is 6.54 Å². The van der Waals surface area contributed by atoms with Crippen LogP contribution in [-0.2, 0) is 19.1 Å². The first-order valence-corrected chi connectivity index (χ1v) is 8.08. The maximum absolute atomic E-state index is 11.9. The monoisotopic (exact) mass is 321 g/mol. The Kier molecular flexibility index (Phi) is 6.31. The van der Waals surface area contributed by atoms with Gasteiger partial charge in [-0.2, -0.15) is 5.10 Å². The zero-order valence-electron chi connectivity index (χ0n) is 13.4. The van der Waals surface area contributed by atoms with E-state index < -0.39 is 12.1 Å². The zero-order chi connectivity index (χ0) is 16.7. The van der Waals surface area contributed by atoms with Crippen LogP contribution in [0.1, 0.15) is 51.9 Å². The Morgan fingerprint density at radius 2 is 2.17 bits per heavy atom. The highest BCUT2D eigenvalue weighted by molar-refractivity contribution is 6.37. The molecule has 0 unspecified atom stereocenters. The van der Waals surface area contributed by atoms with Gasteiger partial charge in [-0.05, 0) is 39.0 Å². The lowest BCUT2D eigenvalue weighted by molar-refractivity contribution is -0.148. The lowest BCUT2D eigenvalue weighted by atomic mass is 9.97. The third-order valence-corrected chi connectivity index (χ3v) is 3.92. The Morgan fingerprint density at radius 1 is 1.35 bits per heavy atom. The van der Waals surface area contributed by atoms with Crippen molar-refractivity contribution in [2.24, 2.45) is 5.10 Å². The molecule has 1 atom stereocenters. The summed E-state index contributed by atoms with van der Waals surface area (Å²) >= 11 is 0. The Labute approximate surface area is 135 Å². The number of nitrogens with one attached hydrogen (secondary N) is 2. The smallest absolute Gasteiger partial charge is 0.355 e. The molecule has 1 heterocycles. The second kappa shape index (κ2) is 8.45. The lowest BCUT2D eigenvalue weighted by Gasteiger charge is -2.17. The number of nitrogens with zero attached hydrogens (tertiary/aromatic N) is 1. The van der Waals surface area contributed by atoms with Crippen molar-refractivity contribution in [2.75, 3.05) is 6.54 Å². The minimum atomic E-state index is -0.886. The molecule has 2 rings (SSSR count). The van der Waals surface area contributed by atoms with Crippen molar-refractivity contribution in [1.82, 2.24) is 10.7 Å². The minimum Gasteiger partial charge on any atom is -0.448 e. The van der Waals surface area contributed by atoms with E-state index >= 15 is 0 Å². The molecule has 0 aromatic carbocycles. The number of amides is 2. The zero-order valence-corrected chi connectivity index (χ0v) is 13.4. The van der Waals surface area contributed by atoms with Crippen LogP contribution in [0.3, 0.4) is 0 Å². The summed E-state index contributed by atoms with van der Waals surface area (Å²) in [6.07, 6.45) is 7.31. The average molecular weight is 321 g/mol. The predicted octanol–water partition coefficient (Wildman–Crippen LogP) is 1.19. The first-order chi connectivity index (χ1) is 11.1. The van der Waals surface area contributed by atoms with Gasteiger partial charge in [-0.1, -0.05) is 11.6 Å². The highest BCUT2D eigenvalue weighted by Gasteiger charge is 2.24. The number of rotatable bonds is 6. The second-order valence-electron chi connectivity index (χ2n) is 5.79. The van der Waals surface area contributed by atoms with Crippen LogP contribution in [0.2, 0.25) is 0 Å². The van der Waals surface area contributed by atoms with Crippen LogP contribution in [0.5, 0.6) is 0 Å². The Balaban J connectivity index is 1.70. The van der Waals surface area contributed by atoms with Crippen molar-refractivity contribution in [3.63, 3.8) is 0 Å². The van der Waals surface area contributed by atoms with E-state index in [4.69, 9.17) is 4.74 Å². The number of hydrogen-bond donors (Lipinski definition) is 2. The number of carbonyl (C=O) groups is 3. The van der Waals surface area contributed by atoms with Crippen LogP contribution in [0.15, 0.2) is 16.8 Å². The van der Waals surface area contributed by atoms with Crippen LogP contribution in [-0.4, -0.2) is 36.1 Å². The molecule has 7 nitrogen and oxygen atoms in total. The summed E-state index contributed by atoms with van der Waals surface area (Å²) in [4.78, 5) is 34.8. The van der Waals surface area contributed by atoms with Gasteiger partial charge in [0.1, 0.15) is 5.71 Å². The fourth-order valence-corrected chi connectivity index (χ4v) is 2.53. The molecule has 0 saturated heterocycles. The number of esters is 1. The Bertz CT molecular complexity index is 539. The van der Waals surface area contributed by atoms with Crippen molar-refractivity contribution in [3.05, 3.63) is 11.6 Å². The highest BCUT2D eigenvalue weighted by Crippen LogP contribution is 2.19. The lowest BCUT2D eigenvalue weighted by Crippen LogP contribution is -2.39. The van der Waals surface area contributed by atoms with Crippen molar-refractivity contribution in [3.8, 4) is 0 Å². The number of hydrogen-bond acceptors (Lipinski definition) is 5. The van der Waals surface area contributed by atoms with E-state index in [1.54, 1.807) is 0 Å². The molecule has 7 heteroatoms. The third kappa shape index (κ3) is 5.50. The third-order valence-electron chi connectivity index (χ3n) is 3.92. The molecule has 2 N–H and O–H groups in total. The fourth-order valence-electron chi connectivity index (χ4n) is 2.53. The first kappa shape index (κ1) is 17.2. The molecule has 2 aliphatic rings. The Hall–Kier alpha value is -2.18. The van der Waals surface area contributed by atoms with Crippen molar-refractivity contribution in [2.45, 2.75) is 58.0 Å². The molecule has 126 valence electrons.